The van der Waals surface area contributed by atoms with Crippen LogP contribution in [0.2, 0.25) is 0 Å². The molecule has 0 aliphatic heterocycles. The van der Waals surface area contributed by atoms with Crippen molar-refractivity contribution in [2.24, 2.45) is 0 Å². The van der Waals surface area contributed by atoms with Crippen LogP contribution in [0.25, 0.3) is 77.9 Å². The van der Waals surface area contributed by atoms with Crippen LogP contribution in [0.4, 0.5) is 0 Å². The molecule has 1 nitrogen and oxygen atoms in total. The van der Waals surface area contributed by atoms with E-state index in [-0.39, 0.29) is 0 Å². The summed E-state index contributed by atoms with van der Waals surface area (Å²) in [6, 6.07) is 34.5. The summed E-state index contributed by atoms with van der Waals surface area (Å²) >= 11 is 0. The van der Waals surface area contributed by atoms with Crippen molar-refractivity contribution < 1.29 is 4.42 Å². The summed E-state index contributed by atoms with van der Waals surface area (Å²) in [6.45, 7) is 2.04. The van der Waals surface area contributed by atoms with Crippen molar-refractivity contribution in [3.05, 3.63) is 131 Å². The molecule has 6 aromatic carbocycles. The molecule has 0 spiro atoms. The van der Waals surface area contributed by atoms with E-state index in [1.807, 2.05) is 19.1 Å². The second-order valence-corrected chi connectivity index (χ2v) is 10.9. The molecule has 0 N–H and O–H groups in total. The van der Waals surface area contributed by atoms with Crippen LogP contribution in [0.1, 0.15) is 35.6 Å². The van der Waals surface area contributed by atoms with Crippen molar-refractivity contribution in [2.75, 3.05) is 0 Å². The van der Waals surface area contributed by atoms with E-state index in [0.717, 1.165) is 55.3 Å². The minimum absolute atomic E-state index is 0.711. The SMILES string of the molecule is C#Cc1c2c(cc(-c3c4ccccc4c(-c4ccc5c(c4)oc4ccccc45)c4ccccc34)c1/C=C\C)C=CCC#C2. The molecule has 0 bridgehead atoms. The molecule has 1 aromatic heterocycles. The molecule has 0 unspecified atom stereocenters. The highest BCUT2D eigenvalue weighted by atomic mass is 16.3. The Bertz CT molecular complexity index is 2390. The summed E-state index contributed by atoms with van der Waals surface area (Å²) < 4.78 is 6.32. The first-order chi connectivity index (χ1) is 21.3. The van der Waals surface area contributed by atoms with E-state index in [4.69, 9.17) is 10.8 Å². The van der Waals surface area contributed by atoms with Crippen LogP contribution in [0.3, 0.4) is 0 Å². The van der Waals surface area contributed by atoms with E-state index in [1.54, 1.807) is 0 Å². The van der Waals surface area contributed by atoms with E-state index in [0.29, 0.717) is 6.42 Å². The summed E-state index contributed by atoms with van der Waals surface area (Å²) in [5.74, 6) is 9.61. The maximum atomic E-state index is 6.32. The molecule has 1 heteroatoms. The third kappa shape index (κ3) is 3.84. The number of fused-ring (bicyclic) bond motifs is 6. The average Bonchev–Trinajstić information content (AvgIpc) is 3.25. The molecule has 1 heterocycles. The van der Waals surface area contributed by atoms with Crippen molar-refractivity contribution >= 4 is 55.6 Å². The van der Waals surface area contributed by atoms with Crippen molar-refractivity contribution in [2.45, 2.75) is 13.3 Å². The van der Waals surface area contributed by atoms with Crippen molar-refractivity contribution in [1.82, 2.24) is 0 Å². The molecule has 7 aromatic rings. The molecule has 0 saturated carbocycles. The Morgan fingerprint density at radius 2 is 1.40 bits per heavy atom. The average molecular weight is 547 g/mol. The van der Waals surface area contributed by atoms with Gasteiger partial charge in [0, 0.05) is 28.3 Å². The summed E-state index contributed by atoms with van der Waals surface area (Å²) in [4.78, 5) is 0. The van der Waals surface area contributed by atoms with Gasteiger partial charge in [0.25, 0.3) is 0 Å². The monoisotopic (exact) mass is 546 g/mol. The number of hydrogen-bond acceptors (Lipinski definition) is 1. The first kappa shape index (κ1) is 25.0. The third-order valence-corrected chi connectivity index (χ3v) is 8.47. The first-order valence-corrected chi connectivity index (χ1v) is 14.6. The fraction of sp³-hybridized carbons (Fsp3) is 0.0476. The van der Waals surface area contributed by atoms with Crippen LogP contribution in [0, 0.1) is 24.2 Å². The Balaban J connectivity index is 1.50. The van der Waals surface area contributed by atoms with Gasteiger partial charge in [-0.15, -0.1) is 6.42 Å². The lowest BCUT2D eigenvalue weighted by molar-refractivity contribution is 0.669. The molecule has 0 atom stereocenters. The van der Waals surface area contributed by atoms with Crippen molar-refractivity contribution in [3.63, 3.8) is 0 Å². The number of rotatable bonds is 3. The van der Waals surface area contributed by atoms with E-state index < -0.39 is 0 Å². The minimum atomic E-state index is 0.711. The summed E-state index contributed by atoms with van der Waals surface area (Å²) in [6.07, 6.45) is 15.4. The van der Waals surface area contributed by atoms with Gasteiger partial charge in [0.1, 0.15) is 11.2 Å². The van der Waals surface area contributed by atoms with Crippen molar-refractivity contribution in [1.29, 1.82) is 0 Å². The fourth-order valence-corrected chi connectivity index (χ4v) is 6.68. The van der Waals surface area contributed by atoms with Crippen molar-refractivity contribution in [3.8, 4) is 46.4 Å². The summed E-state index contributed by atoms with van der Waals surface area (Å²) in [7, 11) is 0. The van der Waals surface area contributed by atoms with Gasteiger partial charge in [0.05, 0.1) is 0 Å². The number of para-hydroxylation sites is 1. The second-order valence-electron chi connectivity index (χ2n) is 10.9. The lowest BCUT2D eigenvalue weighted by atomic mass is 9.82. The Kier molecular flexibility index (Phi) is 5.78. The highest BCUT2D eigenvalue weighted by molar-refractivity contribution is 6.22. The lowest BCUT2D eigenvalue weighted by Gasteiger charge is -2.21. The van der Waals surface area contributed by atoms with Crippen LogP contribution in [-0.2, 0) is 0 Å². The Morgan fingerprint density at radius 3 is 2.09 bits per heavy atom. The zero-order chi connectivity index (χ0) is 28.9. The number of furan rings is 1. The zero-order valence-electron chi connectivity index (χ0n) is 23.7. The summed E-state index contributed by atoms with van der Waals surface area (Å²) in [5.41, 5.74) is 10.3. The van der Waals surface area contributed by atoms with Crippen LogP contribution in [-0.4, -0.2) is 0 Å². The standard InChI is InChI=1S/C42H26O/c1-3-14-31-29(4-2)30-16-7-5-6-15-27(30)25-38(31)42-36-20-10-8-18-34(36)41(35-19-9-11-21-37(35)42)28-23-24-33-32-17-12-13-22-39(32)43-40(33)26-28/h2-3,6,8-15,17-26H,5H2,1H3/b14-3-. The minimum Gasteiger partial charge on any atom is -0.456 e. The maximum Gasteiger partial charge on any atom is 0.136 e. The molecule has 0 radical (unpaired) electrons. The van der Waals surface area contributed by atoms with Gasteiger partial charge in [0.2, 0.25) is 0 Å². The molecule has 0 amide bonds. The van der Waals surface area contributed by atoms with Gasteiger partial charge in [-0.1, -0.05) is 115 Å². The Morgan fingerprint density at radius 1 is 0.744 bits per heavy atom. The predicted octanol–water partition coefficient (Wildman–Crippen LogP) is 11.0. The van der Waals surface area contributed by atoms with E-state index in [9.17, 15) is 0 Å². The topological polar surface area (TPSA) is 13.1 Å². The Labute approximate surface area is 250 Å². The molecule has 43 heavy (non-hydrogen) atoms. The lowest BCUT2D eigenvalue weighted by Crippen LogP contribution is -1.99. The smallest absolute Gasteiger partial charge is 0.136 e. The van der Waals surface area contributed by atoms with Gasteiger partial charge >= 0.3 is 0 Å². The molecule has 1 aliphatic carbocycles. The fourth-order valence-electron chi connectivity index (χ4n) is 6.68. The highest BCUT2D eigenvalue weighted by Crippen LogP contribution is 2.46. The van der Waals surface area contributed by atoms with Crippen LogP contribution < -0.4 is 0 Å². The number of allylic oxidation sites excluding steroid dienone is 2. The van der Waals surface area contributed by atoms with Gasteiger partial charge in [-0.05, 0) is 86.1 Å². The molecule has 200 valence electrons. The van der Waals surface area contributed by atoms with Gasteiger partial charge < -0.3 is 4.42 Å². The summed E-state index contributed by atoms with van der Waals surface area (Å²) in [5, 5.41) is 6.99. The molecule has 1 aliphatic rings. The molecular formula is C42H26O. The first-order valence-electron chi connectivity index (χ1n) is 14.6. The number of hydrogen-bond donors (Lipinski definition) is 0. The van der Waals surface area contributed by atoms with Gasteiger partial charge in [-0.3, -0.25) is 0 Å². The molecule has 8 rings (SSSR count). The maximum absolute atomic E-state index is 6.32. The largest absolute Gasteiger partial charge is 0.456 e. The van der Waals surface area contributed by atoms with Gasteiger partial charge in [-0.2, -0.15) is 0 Å². The van der Waals surface area contributed by atoms with E-state index in [2.05, 4.69) is 127 Å². The van der Waals surface area contributed by atoms with Crippen LogP contribution in [0.5, 0.6) is 0 Å². The second kappa shape index (κ2) is 9.95. The highest BCUT2D eigenvalue weighted by Gasteiger charge is 2.22. The van der Waals surface area contributed by atoms with E-state index >= 15 is 0 Å². The van der Waals surface area contributed by atoms with Gasteiger partial charge in [-0.25, -0.2) is 0 Å². The molecule has 0 saturated heterocycles. The van der Waals surface area contributed by atoms with Gasteiger partial charge in [0.15, 0.2) is 0 Å². The third-order valence-electron chi connectivity index (χ3n) is 8.47. The van der Waals surface area contributed by atoms with Crippen LogP contribution >= 0.6 is 0 Å². The number of benzene rings is 6. The van der Waals surface area contributed by atoms with E-state index in [1.165, 1.54) is 32.7 Å². The predicted molar refractivity (Wildman–Crippen MR) is 183 cm³/mol. The number of terminal acetylenes is 1. The quantitative estimate of drug-likeness (QED) is 0.159. The molecule has 0 fully saturated rings. The normalized spacial score (nSPS) is 12.5. The molecular weight excluding hydrogens is 520 g/mol. The Hall–Kier alpha value is -5.76. The van der Waals surface area contributed by atoms with Crippen LogP contribution in [0.15, 0.2) is 114 Å². The zero-order valence-corrected chi connectivity index (χ0v) is 23.7.